The van der Waals surface area contributed by atoms with E-state index in [9.17, 15) is 30.0 Å². The summed E-state index contributed by atoms with van der Waals surface area (Å²) in [5.74, 6) is 1.10. The van der Waals surface area contributed by atoms with Crippen molar-refractivity contribution in [3.8, 4) is 34.5 Å². The number of rotatable bonds is 17. The Labute approximate surface area is 539 Å². The Morgan fingerprint density at radius 1 is 0.384 bits per heavy atom. The Morgan fingerprint density at radius 3 is 0.872 bits per heavy atom. The third-order valence-electron chi connectivity index (χ3n) is 16.8. The fourth-order valence-corrected chi connectivity index (χ4v) is 11.4. The van der Waals surface area contributed by atoms with E-state index in [0.717, 1.165) is 97.6 Å². The van der Waals surface area contributed by atoms with Gasteiger partial charge in [-0.05, 0) is 79.7 Å². The predicted octanol–water partition coefficient (Wildman–Crippen LogP) is 19.4. The molecule has 4 aromatic rings. The molecule has 2 radical (unpaired) electrons. The van der Waals surface area contributed by atoms with E-state index in [1.165, 1.54) is 0 Å². The van der Waals surface area contributed by atoms with Gasteiger partial charge in [-0.2, -0.15) is 0 Å². The van der Waals surface area contributed by atoms with Crippen LogP contribution in [0.2, 0.25) is 0 Å². The van der Waals surface area contributed by atoms with Gasteiger partial charge in [-0.15, -0.1) is 58.1 Å². The average molecular weight is 1260 g/mol. The maximum atomic E-state index is 13.3. The minimum Gasteiger partial charge on any atom is -0.526 e. The molecule has 0 saturated heterocycles. The zero-order valence-corrected chi connectivity index (χ0v) is 57.3. The number of aromatic hydroxyl groups is 4. The molecule has 10 heteroatoms. The second-order valence-corrected chi connectivity index (χ2v) is 30.3. The number of phenolic OH excluding ortho intramolecular Hbond substituents is 4. The van der Waals surface area contributed by atoms with Crippen molar-refractivity contribution in [1.82, 2.24) is 0 Å². The molecule has 6 rings (SSSR count). The molecular weight excluding hydrogens is 1160 g/mol. The summed E-state index contributed by atoms with van der Waals surface area (Å²) in [7, 11) is 0. The van der Waals surface area contributed by atoms with Gasteiger partial charge in [-0.25, -0.2) is 24.3 Å². The van der Waals surface area contributed by atoms with Gasteiger partial charge in [0, 0.05) is 35.8 Å². The monoisotopic (exact) mass is 1260 g/mol. The summed E-state index contributed by atoms with van der Waals surface area (Å²) in [6.45, 7) is 38.0. The van der Waals surface area contributed by atoms with Crippen LogP contribution in [0.3, 0.4) is 0 Å². The smallest absolute Gasteiger partial charge is 0.526 e. The molecule has 0 aromatic heterocycles. The third-order valence-corrected chi connectivity index (χ3v) is 16.8. The zero-order chi connectivity index (χ0) is 62.3. The first-order valence-electron chi connectivity index (χ1n) is 31.2. The van der Waals surface area contributed by atoms with E-state index in [-0.39, 0.29) is 115 Å². The molecule has 0 unspecified atom stereocenters. The molecule has 86 heavy (non-hydrogen) atoms. The molecule has 472 valence electrons. The summed E-state index contributed by atoms with van der Waals surface area (Å²) in [5.41, 5.74) is 6.58. The molecule has 2 aliphatic carbocycles. The van der Waals surface area contributed by atoms with Crippen molar-refractivity contribution in [1.29, 1.82) is 0 Å². The van der Waals surface area contributed by atoms with Crippen molar-refractivity contribution >= 4 is 36.2 Å². The van der Waals surface area contributed by atoms with Gasteiger partial charge in [0.05, 0.1) is 0 Å². The van der Waals surface area contributed by atoms with Crippen LogP contribution < -0.4 is 9.47 Å². The topological polar surface area (TPSA) is 134 Å². The van der Waals surface area contributed by atoms with Gasteiger partial charge in [0.2, 0.25) is 0 Å². The first-order chi connectivity index (χ1) is 38.9. The number of hydrogen-bond donors (Lipinski definition) is 4. The van der Waals surface area contributed by atoms with Crippen LogP contribution in [0.1, 0.15) is 270 Å². The molecule has 2 aliphatic rings. The molecule has 0 bridgehead atoms. The van der Waals surface area contributed by atoms with E-state index in [1.54, 1.807) is 24.3 Å². The first-order valence-corrected chi connectivity index (χ1v) is 31.2. The van der Waals surface area contributed by atoms with Crippen LogP contribution in [0.15, 0.2) is 48.5 Å². The SMILES string of the molecule is CC(C)(C)c1cc(C=[C-][C@@H]2CCCC[C@H]2[C-]=Cc2cc(OC(=O)CCCCCCC(=O)Oc3cc(C=[C-][C@@H]4CCCC[C@H]4[C-]=Cc4cc(C(C)(C)C)cc(C(C)(C)C)c4O)c(O)c(C(C)(C)C)c3)cc(C(C)(C)C)c2O)c(O)c(C(C)(C)C)c1.[Co+2].[Co+2]. The largest absolute Gasteiger partial charge is 2.00 e. The second-order valence-electron chi connectivity index (χ2n) is 30.3. The Morgan fingerprint density at radius 2 is 0.628 bits per heavy atom. The minimum absolute atomic E-state index is 0. The summed E-state index contributed by atoms with van der Waals surface area (Å²) < 4.78 is 11.9. The van der Waals surface area contributed by atoms with E-state index < -0.39 is 10.8 Å². The van der Waals surface area contributed by atoms with E-state index >= 15 is 0 Å². The van der Waals surface area contributed by atoms with Crippen LogP contribution in [-0.2, 0) is 75.6 Å². The van der Waals surface area contributed by atoms with Crippen molar-refractivity contribution in [2.45, 2.75) is 247 Å². The second kappa shape index (κ2) is 30.0. The molecule has 4 atom stereocenters. The van der Waals surface area contributed by atoms with Crippen LogP contribution in [0.25, 0.3) is 24.3 Å². The summed E-state index contributed by atoms with van der Waals surface area (Å²) in [4.78, 5) is 26.7. The fourth-order valence-electron chi connectivity index (χ4n) is 11.4. The minimum atomic E-state index is -0.439. The molecule has 8 nitrogen and oxygen atoms in total. The Balaban J connectivity index is 0.00000792. The van der Waals surface area contributed by atoms with Crippen molar-refractivity contribution in [3.05, 3.63) is 128 Å². The maximum Gasteiger partial charge on any atom is 2.00 e. The van der Waals surface area contributed by atoms with Gasteiger partial charge in [-0.1, -0.05) is 224 Å². The standard InChI is InChI=1S/C76H102O8.2Co/c1-71(2,3)57-41-53(67(79)61(45-57)73(7,8)9)37-33-49-27-23-25-29-51(49)35-39-55-43-59(47-63(69(55)81)75(13,14)15)83-65(77)31-21-19-20-22-32-66(78)84-60-44-56(70(82)64(48-60)76(16,17)18)40-36-52-30-26-24-28-50(52)34-38-54-42-58(72(4,5)6)46-62(68(54)80)74(10,11)12;;/h37-52,79-82H,19-32H2,1-18H3;;/q-4;2*+2/t49-,50-,51-,52-;;/m0../s1. The molecule has 0 aliphatic heterocycles. The summed E-state index contributed by atoms with van der Waals surface area (Å²) in [6.07, 6.45) is 33.1. The van der Waals surface area contributed by atoms with Crippen LogP contribution in [0.4, 0.5) is 0 Å². The number of hydrogen-bond acceptors (Lipinski definition) is 8. The normalized spacial score (nSPS) is 18.4. The average Bonchev–Trinajstić information content (AvgIpc) is 1.45. The van der Waals surface area contributed by atoms with E-state index in [4.69, 9.17) is 9.47 Å². The number of allylic oxidation sites excluding steroid dienone is 4. The van der Waals surface area contributed by atoms with E-state index in [1.807, 2.05) is 65.8 Å². The number of unbranched alkanes of at least 4 members (excludes halogenated alkanes) is 3. The number of ether oxygens (including phenoxy) is 2. The molecule has 0 spiro atoms. The Hall–Kier alpha value is -5.01. The Bertz CT molecular complexity index is 2870. The maximum absolute atomic E-state index is 13.3. The third kappa shape index (κ3) is 20.3. The quantitative estimate of drug-likeness (QED) is 0.0356. The number of phenols is 4. The van der Waals surface area contributed by atoms with Crippen LogP contribution >= 0.6 is 0 Å². The van der Waals surface area contributed by atoms with E-state index in [0.29, 0.717) is 58.1 Å². The van der Waals surface area contributed by atoms with Gasteiger partial charge >= 0.3 is 45.5 Å². The van der Waals surface area contributed by atoms with Gasteiger partial charge in [-0.3, -0.25) is 33.9 Å². The zero-order valence-electron chi connectivity index (χ0n) is 55.2. The summed E-state index contributed by atoms with van der Waals surface area (Å²) in [5, 5.41) is 46.1. The van der Waals surface area contributed by atoms with Gasteiger partial charge < -0.3 is 29.9 Å². The molecule has 0 heterocycles. The number of benzene rings is 4. The molecule has 0 amide bonds. The van der Waals surface area contributed by atoms with E-state index in [2.05, 4.69) is 132 Å². The summed E-state index contributed by atoms with van der Waals surface area (Å²) >= 11 is 0. The molecule has 4 aromatic carbocycles. The van der Waals surface area contributed by atoms with Gasteiger partial charge in [0.25, 0.3) is 0 Å². The predicted molar refractivity (Wildman–Crippen MR) is 345 cm³/mol. The van der Waals surface area contributed by atoms with Crippen molar-refractivity contribution in [2.75, 3.05) is 0 Å². The van der Waals surface area contributed by atoms with Crippen molar-refractivity contribution in [3.63, 3.8) is 0 Å². The molecular formula is C76H102Co2O8. The molecule has 4 N–H and O–H groups in total. The van der Waals surface area contributed by atoms with Gasteiger partial charge in [0.15, 0.2) is 0 Å². The summed E-state index contributed by atoms with van der Waals surface area (Å²) in [6, 6.07) is 15.4. The molecule has 2 fully saturated rings. The number of carbonyl (C=O) groups is 2. The fraction of sp³-hybridized carbons (Fsp3) is 0.553. The number of esters is 2. The molecule has 2 saturated carbocycles. The van der Waals surface area contributed by atoms with Crippen molar-refractivity contribution in [2.24, 2.45) is 23.7 Å². The van der Waals surface area contributed by atoms with Crippen molar-refractivity contribution < 1.29 is 73.0 Å². The van der Waals surface area contributed by atoms with Crippen LogP contribution in [-0.4, -0.2) is 32.4 Å². The Kier molecular flexibility index (Phi) is 25.6. The van der Waals surface area contributed by atoms with Crippen LogP contribution in [0, 0.1) is 48.0 Å². The van der Waals surface area contributed by atoms with Gasteiger partial charge in [0.1, 0.15) is 11.5 Å². The first kappa shape index (κ1) is 73.5. The van der Waals surface area contributed by atoms with Crippen LogP contribution in [0.5, 0.6) is 34.5 Å². The number of carbonyl (C=O) groups excluding carboxylic acids is 2.